The summed E-state index contributed by atoms with van der Waals surface area (Å²) in [5, 5.41) is 3.15. The van der Waals surface area contributed by atoms with Crippen LogP contribution in [0.2, 0.25) is 0 Å². The molecule has 1 N–H and O–H groups in total. The molecule has 1 aromatic carbocycles. The molecule has 1 fully saturated rings. The molecule has 0 spiro atoms. The van der Waals surface area contributed by atoms with Gasteiger partial charge in [0.15, 0.2) is 0 Å². The number of piperazine rings is 1. The van der Waals surface area contributed by atoms with Crippen molar-refractivity contribution in [2.75, 3.05) is 31.5 Å². The minimum Gasteiger partial charge on any atom is -0.342 e. The van der Waals surface area contributed by atoms with E-state index in [2.05, 4.69) is 15.3 Å². The van der Waals surface area contributed by atoms with Gasteiger partial charge in [0.05, 0.1) is 12.4 Å². The molecule has 1 saturated heterocycles. The molecular formula is C17H19N5O2. The van der Waals surface area contributed by atoms with Gasteiger partial charge in [0.2, 0.25) is 6.41 Å². The van der Waals surface area contributed by atoms with Crippen molar-refractivity contribution in [3.05, 3.63) is 47.9 Å². The van der Waals surface area contributed by atoms with Gasteiger partial charge in [-0.3, -0.25) is 9.59 Å². The predicted molar refractivity (Wildman–Crippen MR) is 90.0 cm³/mol. The molecule has 124 valence electrons. The van der Waals surface area contributed by atoms with Gasteiger partial charge in [-0.1, -0.05) is 17.7 Å². The van der Waals surface area contributed by atoms with Crippen molar-refractivity contribution in [2.24, 2.45) is 0 Å². The Morgan fingerprint density at radius 3 is 2.38 bits per heavy atom. The molecule has 24 heavy (non-hydrogen) atoms. The lowest BCUT2D eigenvalue weighted by atomic mass is 10.2. The number of amides is 2. The zero-order valence-corrected chi connectivity index (χ0v) is 13.5. The predicted octanol–water partition coefficient (Wildman–Crippen LogP) is 1.44. The van der Waals surface area contributed by atoms with Crippen LogP contribution < -0.4 is 5.32 Å². The number of carbonyl (C=O) groups excluding carboxylic acids is 2. The molecule has 0 radical (unpaired) electrons. The highest BCUT2D eigenvalue weighted by molar-refractivity contribution is 5.92. The normalized spacial score (nSPS) is 14.4. The lowest BCUT2D eigenvalue weighted by molar-refractivity contribution is -0.119. The van der Waals surface area contributed by atoms with Crippen LogP contribution in [0.3, 0.4) is 0 Å². The van der Waals surface area contributed by atoms with Crippen LogP contribution in [0.15, 0.2) is 36.7 Å². The molecule has 0 bridgehead atoms. The molecule has 7 nitrogen and oxygen atoms in total. The third-order valence-electron chi connectivity index (χ3n) is 3.95. The molecule has 1 aliphatic heterocycles. The maximum absolute atomic E-state index is 12.4. The number of aryl methyl sites for hydroxylation is 1. The van der Waals surface area contributed by atoms with Gasteiger partial charge in [-0.25, -0.2) is 9.97 Å². The molecule has 2 heterocycles. The second-order valence-corrected chi connectivity index (χ2v) is 5.71. The van der Waals surface area contributed by atoms with Crippen molar-refractivity contribution in [3.8, 4) is 0 Å². The first-order valence-corrected chi connectivity index (χ1v) is 7.80. The first kappa shape index (κ1) is 15.9. The van der Waals surface area contributed by atoms with Crippen LogP contribution in [-0.2, 0) is 4.79 Å². The Morgan fingerprint density at radius 2 is 1.79 bits per heavy atom. The Balaban J connectivity index is 1.62. The topological polar surface area (TPSA) is 78.4 Å². The monoisotopic (exact) mass is 325 g/mol. The van der Waals surface area contributed by atoms with E-state index in [-0.39, 0.29) is 5.91 Å². The van der Waals surface area contributed by atoms with Crippen LogP contribution in [0.5, 0.6) is 0 Å². The van der Waals surface area contributed by atoms with Crippen molar-refractivity contribution >= 4 is 23.8 Å². The van der Waals surface area contributed by atoms with Crippen molar-refractivity contribution in [2.45, 2.75) is 6.92 Å². The molecule has 2 aromatic rings. The zero-order chi connectivity index (χ0) is 16.9. The van der Waals surface area contributed by atoms with E-state index in [4.69, 9.17) is 0 Å². The van der Waals surface area contributed by atoms with Gasteiger partial charge in [0.25, 0.3) is 5.91 Å². The number of aromatic nitrogens is 2. The Kier molecular flexibility index (Phi) is 4.69. The summed E-state index contributed by atoms with van der Waals surface area (Å²) in [6.07, 6.45) is 3.84. The summed E-state index contributed by atoms with van der Waals surface area (Å²) >= 11 is 0. The Hall–Kier alpha value is -2.96. The van der Waals surface area contributed by atoms with Gasteiger partial charge < -0.3 is 15.1 Å². The van der Waals surface area contributed by atoms with Gasteiger partial charge in [0.1, 0.15) is 11.5 Å². The number of anilines is 2. The summed E-state index contributed by atoms with van der Waals surface area (Å²) in [5.74, 6) is 0.427. The minimum atomic E-state index is -0.157. The van der Waals surface area contributed by atoms with Crippen LogP contribution in [0.4, 0.5) is 11.5 Å². The molecule has 7 heteroatoms. The largest absolute Gasteiger partial charge is 0.342 e. The molecule has 1 aliphatic rings. The van der Waals surface area contributed by atoms with E-state index in [0.717, 1.165) is 12.1 Å². The fraction of sp³-hybridized carbons (Fsp3) is 0.294. The molecule has 0 unspecified atom stereocenters. The zero-order valence-electron chi connectivity index (χ0n) is 13.5. The third-order valence-corrected chi connectivity index (χ3v) is 3.95. The Labute approximate surface area is 140 Å². The SMILES string of the molecule is Cc1ccc(Nc2cnc(C(=O)N3CCN(C=O)CC3)cn2)cc1. The Bertz CT molecular complexity index is 707. The summed E-state index contributed by atoms with van der Waals surface area (Å²) in [6.45, 7) is 4.16. The van der Waals surface area contributed by atoms with Gasteiger partial charge in [0, 0.05) is 31.9 Å². The number of nitrogens with zero attached hydrogens (tertiary/aromatic N) is 4. The molecule has 3 rings (SSSR count). The highest BCUT2D eigenvalue weighted by Gasteiger charge is 2.22. The van der Waals surface area contributed by atoms with Crippen molar-refractivity contribution in [1.29, 1.82) is 0 Å². The van der Waals surface area contributed by atoms with E-state index in [1.54, 1.807) is 16.0 Å². The van der Waals surface area contributed by atoms with Gasteiger partial charge >= 0.3 is 0 Å². The summed E-state index contributed by atoms with van der Waals surface area (Å²) < 4.78 is 0. The second-order valence-electron chi connectivity index (χ2n) is 5.71. The maximum Gasteiger partial charge on any atom is 0.274 e. The number of benzene rings is 1. The van der Waals surface area contributed by atoms with Crippen LogP contribution in [0, 0.1) is 6.92 Å². The number of rotatable bonds is 4. The van der Waals surface area contributed by atoms with E-state index in [1.165, 1.54) is 11.8 Å². The third kappa shape index (κ3) is 3.68. The summed E-state index contributed by atoms with van der Waals surface area (Å²) in [4.78, 5) is 34.9. The van der Waals surface area contributed by atoms with Crippen molar-refractivity contribution in [1.82, 2.24) is 19.8 Å². The molecule has 1 aromatic heterocycles. The summed E-state index contributed by atoms with van der Waals surface area (Å²) in [5.41, 5.74) is 2.41. The summed E-state index contributed by atoms with van der Waals surface area (Å²) in [7, 11) is 0. The smallest absolute Gasteiger partial charge is 0.274 e. The average Bonchev–Trinajstić information content (AvgIpc) is 2.64. The number of carbonyl (C=O) groups is 2. The first-order chi connectivity index (χ1) is 11.7. The van der Waals surface area contributed by atoms with Crippen LogP contribution in [0.25, 0.3) is 0 Å². The highest BCUT2D eigenvalue weighted by atomic mass is 16.2. The van der Waals surface area contributed by atoms with Gasteiger partial charge in [-0.2, -0.15) is 0 Å². The average molecular weight is 325 g/mol. The summed E-state index contributed by atoms with van der Waals surface area (Å²) in [6, 6.07) is 7.93. The van der Waals surface area contributed by atoms with E-state index in [9.17, 15) is 9.59 Å². The highest BCUT2D eigenvalue weighted by Crippen LogP contribution is 2.14. The molecule has 0 aliphatic carbocycles. The standard InChI is InChI=1S/C17H19N5O2/c1-13-2-4-14(5-3-13)20-16-11-18-15(10-19-16)17(24)22-8-6-21(12-23)7-9-22/h2-5,10-12H,6-9H2,1H3,(H,19,20). The maximum atomic E-state index is 12.4. The van der Waals surface area contributed by atoms with E-state index in [1.807, 2.05) is 31.2 Å². The van der Waals surface area contributed by atoms with Crippen LogP contribution >= 0.6 is 0 Å². The number of hydrogen-bond acceptors (Lipinski definition) is 5. The van der Waals surface area contributed by atoms with Crippen LogP contribution in [0.1, 0.15) is 16.1 Å². The van der Waals surface area contributed by atoms with E-state index >= 15 is 0 Å². The lowest BCUT2D eigenvalue weighted by Crippen LogP contribution is -2.48. The minimum absolute atomic E-state index is 0.157. The van der Waals surface area contributed by atoms with E-state index < -0.39 is 0 Å². The molecule has 0 atom stereocenters. The van der Waals surface area contributed by atoms with Gasteiger partial charge in [-0.15, -0.1) is 0 Å². The second kappa shape index (κ2) is 7.08. The van der Waals surface area contributed by atoms with Gasteiger partial charge in [-0.05, 0) is 19.1 Å². The molecular weight excluding hydrogens is 306 g/mol. The van der Waals surface area contributed by atoms with E-state index in [0.29, 0.717) is 37.7 Å². The molecule has 2 amide bonds. The molecule has 0 saturated carbocycles. The lowest BCUT2D eigenvalue weighted by Gasteiger charge is -2.32. The Morgan fingerprint density at radius 1 is 1.08 bits per heavy atom. The fourth-order valence-corrected chi connectivity index (χ4v) is 2.48. The first-order valence-electron chi connectivity index (χ1n) is 7.80. The fourth-order valence-electron chi connectivity index (χ4n) is 2.48. The number of hydrogen-bond donors (Lipinski definition) is 1. The quantitative estimate of drug-likeness (QED) is 0.861. The van der Waals surface area contributed by atoms with Crippen LogP contribution in [-0.4, -0.2) is 58.3 Å². The number of nitrogens with one attached hydrogen (secondary N) is 1. The van der Waals surface area contributed by atoms with Crippen molar-refractivity contribution in [3.63, 3.8) is 0 Å². The van der Waals surface area contributed by atoms with Crippen molar-refractivity contribution < 1.29 is 9.59 Å².